The third kappa shape index (κ3) is 10.1. The van der Waals surface area contributed by atoms with E-state index in [1.54, 1.807) is 37.3 Å². The van der Waals surface area contributed by atoms with Crippen LogP contribution in [0.5, 0.6) is 11.5 Å². The highest BCUT2D eigenvalue weighted by Gasteiger charge is 2.44. The molecule has 0 saturated carbocycles. The first-order chi connectivity index (χ1) is 30.2. The molecule has 4 heterocycles. The van der Waals surface area contributed by atoms with Crippen molar-refractivity contribution < 1.29 is 51.0 Å². The summed E-state index contributed by atoms with van der Waals surface area (Å²) in [5.74, 6) is -3.03. The second-order valence-electron chi connectivity index (χ2n) is 16.8. The molecule has 2 saturated heterocycles. The summed E-state index contributed by atoms with van der Waals surface area (Å²) in [5, 5.41) is 5.13. The second-order valence-corrected chi connectivity index (χ2v) is 18.9. The molecule has 3 aromatic rings. The molecular weight excluding hydrogens is 834 g/mol. The smallest absolute Gasteiger partial charge is 0.264 e. The molecule has 4 aliphatic heterocycles. The Morgan fingerprint density at radius 3 is 2.37 bits per heavy atom. The second kappa shape index (κ2) is 19.4. The summed E-state index contributed by atoms with van der Waals surface area (Å²) in [5.41, 5.74) is 2.57. The van der Waals surface area contributed by atoms with E-state index in [1.165, 1.54) is 30.2 Å². The van der Waals surface area contributed by atoms with Gasteiger partial charge in [-0.2, -0.15) is 0 Å². The van der Waals surface area contributed by atoms with Gasteiger partial charge in [-0.15, -0.1) is 0 Å². The number of hydrogen-bond acceptors (Lipinski definition) is 11. The van der Waals surface area contributed by atoms with Gasteiger partial charge < -0.3 is 24.6 Å². The predicted octanol–water partition coefficient (Wildman–Crippen LogP) is 5.53. The third-order valence-corrected chi connectivity index (χ3v) is 13.3. The van der Waals surface area contributed by atoms with Crippen molar-refractivity contribution in [2.24, 2.45) is 0 Å². The molecule has 0 aromatic heterocycles. The Bertz CT molecular complexity index is 2420. The molecule has 3 aromatic carbocycles. The number of carbonyl (C=O) groups excluding carboxylic acids is 6. The highest BCUT2D eigenvalue weighted by molar-refractivity contribution is 7.90. The van der Waals surface area contributed by atoms with Crippen molar-refractivity contribution in [2.75, 3.05) is 50.7 Å². The first-order valence-electron chi connectivity index (χ1n) is 21.7. The van der Waals surface area contributed by atoms with Crippen LogP contribution in [0.3, 0.4) is 0 Å². The number of likely N-dealkylation sites (tertiary alicyclic amines) is 1. The summed E-state index contributed by atoms with van der Waals surface area (Å²) in [6, 6.07) is 10.3. The number of piperidine rings is 2. The molecule has 2 N–H and O–H groups in total. The molecule has 2 fully saturated rings. The Kier molecular flexibility index (Phi) is 13.9. The standard InChI is InChI=1S/C46H54FN5O10S/c1-4-62-39-23-29(14-16-38(39)61-2)37(27-63(3,59)60)52-45(57)31-11-10-12-35(42(31)46(52)58)48-40(53)13-8-6-5-7-9-20-50-21-18-28(19-22-50)32-24-30(47)25-33-34(32)26-51(44(33)56)36-15-17-41(54)49-43(36)55/h10-12,14,16,23-25,28,36-37H,4-9,13,15,17-22,26-27H2,1-3H3,(H,48,53)(H,49,54,55)/t36?,37-/m1/s1. The zero-order chi connectivity index (χ0) is 45.0. The fourth-order valence-electron chi connectivity index (χ4n) is 9.32. The number of rotatable bonds is 18. The van der Waals surface area contributed by atoms with Gasteiger partial charge in [0.25, 0.3) is 17.7 Å². The molecular formula is C46H54FN5O10S. The maximum Gasteiger partial charge on any atom is 0.264 e. The van der Waals surface area contributed by atoms with Crippen molar-refractivity contribution in [3.63, 3.8) is 0 Å². The van der Waals surface area contributed by atoms with Crippen LogP contribution in [-0.4, -0.2) is 110 Å². The van der Waals surface area contributed by atoms with E-state index in [0.29, 0.717) is 35.7 Å². The molecule has 0 bridgehead atoms. The number of carbonyl (C=O) groups is 6. The lowest BCUT2D eigenvalue weighted by molar-refractivity contribution is -0.137. The fourth-order valence-corrected chi connectivity index (χ4v) is 10.2. The number of anilines is 1. The van der Waals surface area contributed by atoms with Gasteiger partial charge in [0.15, 0.2) is 11.5 Å². The van der Waals surface area contributed by atoms with Crippen LogP contribution in [0, 0.1) is 5.82 Å². The van der Waals surface area contributed by atoms with E-state index in [0.717, 1.165) is 80.4 Å². The molecule has 17 heteroatoms. The molecule has 0 radical (unpaired) electrons. The zero-order valence-electron chi connectivity index (χ0n) is 35.9. The summed E-state index contributed by atoms with van der Waals surface area (Å²) in [4.78, 5) is 83.2. The van der Waals surface area contributed by atoms with Gasteiger partial charge in [-0.1, -0.05) is 31.4 Å². The van der Waals surface area contributed by atoms with Crippen molar-refractivity contribution >= 4 is 51.0 Å². The van der Waals surface area contributed by atoms with Gasteiger partial charge in [0.1, 0.15) is 21.7 Å². The average Bonchev–Trinajstić information content (AvgIpc) is 3.70. The van der Waals surface area contributed by atoms with Gasteiger partial charge in [0.2, 0.25) is 17.7 Å². The summed E-state index contributed by atoms with van der Waals surface area (Å²) >= 11 is 0. The largest absolute Gasteiger partial charge is 0.493 e. The van der Waals surface area contributed by atoms with E-state index < -0.39 is 51.2 Å². The number of unbranched alkanes of at least 4 members (excludes halogenated alkanes) is 4. The van der Waals surface area contributed by atoms with E-state index in [9.17, 15) is 41.6 Å². The van der Waals surface area contributed by atoms with Crippen LogP contribution in [-0.2, 0) is 30.8 Å². The zero-order valence-corrected chi connectivity index (χ0v) is 36.7. The molecule has 2 atom stereocenters. The summed E-state index contributed by atoms with van der Waals surface area (Å²) in [6.45, 7) is 4.91. The van der Waals surface area contributed by atoms with Crippen LogP contribution in [0.25, 0.3) is 0 Å². The maximum atomic E-state index is 14.8. The number of nitrogens with zero attached hydrogens (tertiary/aromatic N) is 3. The van der Waals surface area contributed by atoms with Gasteiger partial charge in [-0.05, 0) is 118 Å². The molecule has 63 heavy (non-hydrogen) atoms. The molecule has 0 aliphatic carbocycles. The summed E-state index contributed by atoms with van der Waals surface area (Å²) in [7, 11) is -2.22. The van der Waals surface area contributed by atoms with Crippen LogP contribution in [0.15, 0.2) is 48.5 Å². The number of amides is 6. The minimum Gasteiger partial charge on any atom is -0.493 e. The van der Waals surface area contributed by atoms with Gasteiger partial charge in [0, 0.05) is 31.2 Å². The normalized spacial score (nSPS) is 18.7. The number of ether oxygens (including phenoxy) is 2. The monoisotopic (exact) mass is 887 g/mol. The lowest BCUT2D eigenvalue weighted by Crippen LogP contribution is -2.52. The van der Waals surface area contributed by atoms with Crippen molar-refractivity contribution in [3.8, 4) is 11.5 Å². The minimum atomic E-state index is -3.69. The number of fused-ring (bicyclic) bond motifs is 2. The van der Waals surface area contributed by atoms with Crippen LogP contribution >= 0.6 is 0 Å². The Morgan fingerprint density at radius 2 is 1.65 bits per heavy atom. The molecule has 0 spiro atoms. The quantitative estimate of drug-likeness (QED) is 0.121. The van der Waals surface area contributed by atoms with Gasteiger partial charge in [-0.3, -0.25) is 39.0 Å². The van der Waals surface area contributed by atoms with Crippen LogP contribution in [0.4, 0.5) is 10.1 Å². The Labute approximate surface area is 366 Å². The molecule has 336 valence electrons. The molecule has 7 rings (SSSR count). The van der Waals surface area contributed by atoms with Gasteiger partial charge in [0.05, 0.1) is 42.3 Å². The van der Waals surface area contributed by atoms with E-state index in [2.05, 4.69) is 15.5 Å². The average molecular weight is 888 g/mol. The topological polar surface area (TPSA) is 189 Å². The molecule has 15 nitrogen and oxygen atoms in total. The number of halogens is 1. The number of imide groups is 2. The first-order valence-corrected chi connectivity index (χ1v) is 23.7. The summed E-state index contributed by atoms with van der Waals surface area (Å²) in [6.07, 6.45) is 7.64. The molecule has 6 amide bonds. The Balaban J connectivity index is 0.861. The van der Waals surface area contributed by atoms with Crippen molar-refractivity contribution in [2.45, 2.75) is 95.7 Å². The van der Waals surface area contributed by atoms with Gasteiger partial charge >= 0.3 is 0 Å². The van der Waals surface area contributed by atoms with E-state index in [1.807, 2.05) is 0 Å². The maximum absolute atomic E-state index is 14.8. The number of benzene rings is 3. The van der Waals surface area contributed by atoms with Crippen molar-refractivity contribution in [1.82, 2.24) is 20.0 Å². The van der Waals surface area contributed by atoms with Crippen LogP contribution in [0.2, 0.25) is 0 Å². The fraction of sp³-hybridized carbons (Fsp3) is 0.478. The van der Waals surface area contributed by atoms with E-state index >= 15 is 0 Å². The Hall–Kier alpha value is -5.68. The molecule has 4 aliphatic rings. The SMILES string of the molecule is CCOc1cc([C@@H](CS(C)(=O)=O)N2C(=O)c3cccc(NC(=O)CCCCCCCN4CCC(c5cc(F)cc6c5CN(C5CCC(=O)NC5=O)C6=O)CC4)c3C2=O)ccc1OC. The third-order valence-electron chi connectivity index (χ3n) is 12.4. The minimum absolute atomic E-state index is 0.0169. The first kappa shape index (κ1) is 45.3. The number of nitrogens with one attached hydrogen (secondary N) is 2. The van der Waals surface area contributed by atoms with Crippen LogP contribution < -0.4 is 20.1 Å². The molecule has 1 unspecified atom stereocenters. The lowest BCUT2D eigenvalue weighted by Gasteiger charge is -2.33. The highest BCUT2D eigenvalue weighted by Crippen LogP contribution is 2.40. The number of methoxy groups -OCH3 is 1. The van der Waals surface area contributed by atoms with E-state index in [-0.39, 0.29) is 66.3 Å². The van der Waals surface area contributed by atoms with Crippen molar-refractivity contribution in [3.05, 3.63) is 87.7 Å². The van der Waals surface area contributed by atoms with E-state index in [4.69, 9.17) is 9.47 Å². The highest BCUT2D eigenvalue weighted by atomic mass is 32.2. The summed E-state index contributed by atoms with van der Waals surface area (Å²) < 4.78 is 51.1. The van der Waals surface area contributed by atoms with Crippen molar-refractivity contribution in [1.29, 1.82) is 0 Å². The number of hydrogen-bond donors (Lipinski definition) is 2. The lowest BCUT2D eigenvalue weighted by atomic mass is 9.85. The predicted molar refractivity (Wildman–Crippen MR) is 231 cm³/mol. The Morgan fingerprint density at radius 1 is 0.905 bits per heavy atom. The van der Waals surface area contributed by atoms with Crippen LogP contribution in [0.1, 0.15) is 131 Å². The van der Waals surface area contributed by atoms with Gasteiger partial charge in [-0.25, -0.2) is 12.8 Å². The number of sulfone groups is 1.